The number of carboxylic acid groups (broad SMARTS) is 2. The van der Waals surface area contributed by atoms with Gasteiger partial charge in [-0.1, -0.05) is 24.3 Å². The first kappa shape index (κ1) is 59.5. The van der Waals surface area contributed by atoms with Gasteiger partial charge in [-0.3, -0.25) is 53.7 Å². The number of aldehydes is 1. The number of Topliss-reactive ketones (excluding diaryl/α,β-unsaturated/α-hetero) is 1. The number of hydrogen-bond donors (Lipinski definition) is 2. The Labute approximate surface area is 374 Å². The molecular formula is C41H38Cl2N5NaO10-2. The van der Waals surface area contributed by atoms with Crippen LogP contribution in [0.25, 0.3) is 24.3 Å². The number of allylic oxidation sites excluding steroid dienone is 4. The SMILES string of the molecule is O.O=C(/C=C/c1cccnc1)/C=C/c1cccnc1.O=C(/C=C/c1cccnc1)/C=C/c1cccnc1.O=C(O)CC(=O)CC(=O)O.O=Cc1cccnc1.[Cl-].[Cl-].[Na+].[OH-]. The molecule has 5 N–H and O–H groups in total. The Hall–Kier alpha value is -6.17. The van der Waals surface area contributed by atoms with E-state index in [1.165, 1.54) is 30.5 Å². The van der Waals surface area contributed by atoms with Crippen molar-refractivity contribution in [3.63, 3.8) is 0 Å². The van der Waals surface area contributed by atoms with E-state index in [0.717, 1.165) is 28.5 Å². The second-order valence-electron chi connectivity index (χ2n) is 10.4. The van der Waals surface area contributed by atoms with Crippen molar-refractivity contribution in [2.45, 2.75) is 12.8 Å². The molecule has 5 aromatic rings. The molecule has 5 heterocycles. The predicted molar refractivity (Wildman–Crippen MR) is 208 cm³/mol. The van der Waals surface area contributed by atoms with Crippen molar-refractivity contribution in [1.29, 1.82) is 0 Å². The van der Waals surface area contributed by atoms with E-state index in [1.54, 1.807) is 92.2 Å². The topological polar surface area (TPSA) is 269 Å². The molecule has 0 saturated carbocycles. The van der Waals surface area contributed by atoms with E-state index in [9.17, 15) is 28.8 Å². The molecule has 0 aliphatic heterocycles. The first-order chi connectivity index (χ1) is 26.1. The summed E-state index contributed by atoms with van der Waals surface area (Å²) in [6, 6.07) is 18.3. The molecule has 5 aromatic heterocycles. The van der Waals surface area contributed by atoms with Gasteiger partial charge >= 0.3 is 41.5 Å². The maximum Gasteiger partial charge on any atom is 1.00 e. The number of rotatable bonds is 13. The molecule has 0 radical (unpaired) electrons. The van der Waals surface area contributed by atoms with Crippen LogP contribution in [0.5, 0.6) is 0 Å². The van der Waals surface area contributed by atoms with Gasteiger partial charge in [0.15, 0.2) is 23.6 Å². The molecule has 0 amide bonds. The smallest absolute Gasteiger partial charge is 1.00 e. The molecule has 0 fully saturated rings. The maximum absolute atomic E-state index is 11.6. The number of carbonyl (C=O) groups excluding carboxylic acids is 4. The van der Waals surface area contributed by atoms with Crippen LogP contribution in [0.15, 0.2) is 147 Å². The third-order valence-electron chi connectivity index (χ3n) is 6.02. The van der Waals surface area contributed by atoms with Crippen LogP contribution in [0, 0.1) is 0 Å². The van der Waals surface area contributed by atoms with Crippen molar-refractivity contribution in [1.82, 2.24) is 24.9 Å². The van der Waals surface area contributed by atoms with Crippen LogP contribution in [0.3, 0.4) is 0 Å². The molecule has 18 heteroatoms. The Morgan fingerprint density at radius 2 is 0.712 bits per heavy atom. The zero-order chi connectivity index (χ0) is 39.2. The molecular weight excluding hydrogens is 816 g/mol. The van der Waals surface area contributed by atoms with Gasteiger partial charge in [-0.25, -0.2) is 0 Å². The van der Waals surface area contributed by atoms with Crippen molar-refractivity contribution < 1.29 is 104 Å². The van der Waals surface area contributed by atoms with E-state index in [4.69, 9.17) is 10.2 Å². The average Bonchev–Trinajstić information content (AvgIpc) is 3.19. The standard InChI is InChI=1S/2C15H12N2O.C6H5NO.C5H6O5.2ClH.Na.2H2O/c2*18-15(7-5-13-3-1-9-16-11-13)8-6-14-4-2-10-17-12-14;8-5-6-2-1-3-7-4-6;6-3(1-4(7)8)2-5(9)10;;;;;/h2*1-12H;1-5H;1-2H2,(H,7,8)(H,9,10);2*1H;;2*1H2/q;;;;;;+1;;/p-3/b2*7-5+,8-6+;;;;;;;. The predicted octanol–water partition coefficient (Wildman–Crippen LogP) is -4.05. The minimum absolute atomic E-state index is 0. The Morgan fingerprint density at radius 3 is 0.881 bits per heavy atom. The quantitative estimate of drug-likeness (QED) is 0.0494. The fourth-order valence-electron chi connectivity index (χ4n) is 3.57. The molecule has 0 unspecified atom stereocenters. The number of nitrogens with zero attached hydrogens (tertiary/aromatic N) is 5. The Balaban J connectivity index is -0.000000349. The summed E-state index contributed by atoms with van der Waals surface area (Å²) in [5, 5.41) is 16.0. The van der Waals surface area contributed by atoms with E-state index in [-0.39, 0.29) is 76.9 Å². The first-order valence-electron chi connectivity index (χ1n) is 15.9. The zero-order valence-corrected chi connectivity index (χ0v) is 35.0. The van der Waals surface area contributed by atoms with Gasteiger partial charge in [-0.2, -0.15) is 0 Å². The third-order valence-corrected chi connectivity index (χ3v) is 6.02. The van der Waals surface area contributed by atoms with Gasteiger partial charge in [0.1, 0.15) is 12.8 Å². The third kappa shape index (κ3) is 31.6. The summed E-state index contributed by atoms with van der Waals surface area (Å²) in [5.41, 5.74) is 4.23. The second kappa shape index (κ2) is 37.4. The summed E-state index contributed by atoms with van der Waals surface area (Å²) in [6.45, 7) is 0. The van der Waals surface area contributed by atoms with Crippen LogP contribution >= 0.6 is 0 Å². The number of carbonyl (C=O) groups is 6. The van der Waals surface area contributed by atoms with Crippen molar-refractivity contribution in [2.75, 3.05) is 0 Å². The summed E-state index contributed by atoms with van der Waals surface area (Å²) in [6.07, 6.45) is 29.1. The zero-order valence-electron chi connectivity index (χ0n) is 31.4. The summed E-state index contributed by atoms with van der Waals surface area (Å²) < 4.78 is 0. The van der Waals surface area contributed by atoms with Crippen molar-refractivity contribution >= 4 is 59.9 Å². The fraction of sp³-hybridized carbons (Fsp3) is 0.0488. The Kier molecular flexibility index (Phi) is 37.7. The number of aliphatic carboxylic acids is 2. The molecule has 0 aliphatic rings. The van der Waals surface area contributed by atoms with Crippen molar-refractivity contribution in [3.05, 3.63) is 175 Å². The average molecular weight is 855 g/mol. The molecule has 5 rings (SSSR count). The minimum atomic E-state index is -1.30. The van der Waals surface area contributed by atoms with Gasteiger partial charge in [-0.05, 0) is 107 Å². The molecule has 304 valence electrons. The number of carboxylic acids is 2. The van der Waals surface area contributed by atoms with E-state index in [1.807, 2.05) is 48.5 Å². The first-order valence-corrected chi connectivity index (χ1v) is 15.9. The van der Waals surface area contributed by atoms with Crippen LogP contribution in [0.2, 0.25) is 0 Å². The summed E-state index contributed by atoms with van der Waals surface area (Å²) >= 11 is 0. The van der Waals surface area contributed by atoms with Crippen LogP contribution in [-0.2, 0) is 24.0 Å². The molecule has 15 nitrogen and oxygen atoms in total. The number of hydrogen-bond acceptors (Lipinski definition) is 12. The largest absolute Gasteiger partial charge is 1.00 e. The molecule has 0 saturated heterocycles. The van der Waals surface area contributed by atoms with E-state index < -0.39 is 30.6 Å². The van der Waals surface area contributed by atoms with Crippen molar-refractivity contribution in [2.24, 2.45) is 0 Å². The molecule has 0 aliphatic carbocycles. The molecule has 59 heavy (non-hydrogen) atoms. The number of ketones is 3. The van der Waals surface area contributed by atoms with Gasteiger partial charge in [0, 0.05) is 67.5 Å². The Bertz CT molecular complexity index is 1820. The molecule has 0 spiro atoms. The molecule has 0 bridgehead atoms. The van der Waals surface area contributed by atoms with Gasteiger partial charge in [0.05, 0.1) is 0 Å². The van der Waals surface area contributed by atoms with Crippen LogP contribution in [-0.4, -0.2) is 81.7 Å². The fourth-order valence-corrected chi connectivity index (χ4v) is 3.57. The molecule has 0 atom stereocenters. The Morgan fingerprint density at radius 1 is 0.475 bits per heavy atom. The van der Waals surface area contributed by atoms with Crippen molar-refractivity contribution in [3.8, 4) is 0 Å². The molecule has 0 aromatic carbocycles. The van der Waals surface area contributed by atoms with Gasteiger partial charge in [0.2, 0.25) is 0 Å². The normalized spacial score (nSPS) is 9.42. The van der Waals surface area contributed by atoms with E-state index in [2.05, 4.69) is 24.9 Å². The van der Waals surface area contributed by atoms with Crippen LogP contribution in [0.1, 0.15) is 45.5 Å². The van der Waals surface area contributed by atoms with E-state index >= 15 is 0 Å². The minimum Gasteiger partial charge on any atom is -1.00 e. The van der Waals surface area contributed by atoms with Gasteiger partial charge < -0.3 is 46.0 Å². The van der Waals surface area contributed by atoms with E-state index in [0.29, 0.717) is 5.56 Å². The summed E-state index contributed by atoms with van der Waals surface area (Å²) in [4.78, 5) is 82.6. The number of halogens is 2. The summed E-state index contributed by atoms with van der Waals surface area (Å²) in [7, 11) is 0. The second-order valence-corrected chi connectivity index (χ2v) is 10.4. The maximum atomic E-state index is 11.6. The number of aromatic nitrogens is 5. The van der Waals surface area contributed by atoms with Crippen LogP contribution in [0.4, 0.5) is 0 Å². The number of pyridine rings is 5. The van der Waals surface area contributed by atoms with Gasteiger partial charge in [-0.15, -0.1) is 0 Å². The van der Waals surface area contributed by atoms with Crippen LogP contribution < -0.4 is 54.4 Å². The monoisotopic (exact) mass is 853 g/mol. The summed E-state index contributed by atoms with van der Waals surface area (Å²) in [5.74, 6) is -3.53. The van der Waals surface area contributed by atoms with Gasteiger partial charge in [0.25, 0.3) is 0 Å².